The van der Waals surface area contributed by atoms with E-state index >= 15 is 0 Å². The fourth-order valence-electron chi connectivity index (χ4n) is 2.45. The average molecular weight is 411 g/mol. The number of hydrogen-bond donors (Lipinski definition) is 1. The summed E-state index contributed by atoms with van der Waals surface area (Å²) in [6.45, 7) is 3.17. The molecule has 144 valence electrons. The molecule has 0 spiro atoms. The van der Waals surface area contributed by atoms with Crippen LogP contribution in [-0.2, 0) is 19.6 Å². The van der Waals surface area contributed by atoms with Gasteiger partial charge in [-0.05, 0) is 44.2 Å². The normalized spacial score (nSPS) is 11.3. The number of nitrogens with two attached hydrogens (primary N) is 1. The Hall–Kier alpha value is -2.42. The minimum atomic E-state index is -4.10. The lowest BCUT2D eigenvalue weighted by atomic mass is 10.2. The van der Waals surface area contributed by atoms with E-state index in [-0.39, 0.29) is 16.6 Å². The van der Waals surface area contributed by atoms with Crippen LogP contribution in [0.15, 0.2) is 53.4 Å². The van der Waals surface area contributed by atoms with Gasteiger partial charge in [-0.1, -0.05) is 29.8 Å². The van der Waals surface area contributed by atoms with Crippen LogP contribution >= 0.6 is 11.6 Å². The molecule has 0 saturated heterocycles. The molecule has 7 nitrogen and oxygen atoms in total. The van der Waals surface area contributed by atoms with Gasteiger partial charge in [0.1, 0.15) is 4.90 Å². The Morgan fingerprint density at radius 3 is 2.33 bits per heavy atom. The van der Waals surface area contributed by atoms with Crippen LogP contribution in [0.5, 0.6) is 0 Å². The van der Waals surface area contributed by atoms with E-state index in [4.69, 9.17) is 21.5 Å². The zero-order valence-corrected chi connectivity index (χ0v) is 16.3. The minimum absolute atomic E-state index is 0.0768. The number of anilines is 1. The second-order valence-electron chi connectivity index (χ2n) is 5.96. The zero-order valence-electron chi connectivity index (χ0n) is 14.8. The number of rotatable bonds is 6. The number of halogens is 1. The number of ether oxygens (including phenoxy) is 1. The lowest BCUT2D eigenvalue weighted by Crippen LogP contribution is -2.39. The Morgan fingerprint density at radius 2 is 1.78 bits per heavy atom. The number of carbonyl (C=O) groups excluding carboxylic acids is 2. The number of nitrogens with zero attached hydrogens (tertiary/aromatic N) is 1. The monoisotopic (exact) mass is 410 g/mol. The van der Waals surface area contributed by atoms with Gasteiger partial charge in [-0.2, -0.15) is 0 Å². The van der Waals surface area contributed by atoms with Crippen LogP contribution in [0.4, 0.5) is 5.69 Å². The summed E-state index contributed by atoms with van der Waals surface area (Å²) in [6.07, 6.45) is 0. The van der Waals surface area contributed by atoms with Crippen molar-refractivity contribution < 1.29 is 22.7 Å². The predicted molar refractivity (Wildman–Crippen MR) is 102 cm³/mol. The fraction of sp³-hybridized carbons (Fsp3) is 0.222. The summed E-state index contributed by atoms with van der Waals surface area (Å²) in [7, 11) is -4.10. The first-order valence-corrected chi connectivity index (χ1v) is 9.90. The Morgan fingerprint density at radius 1 is 1.15 bits per heavy atom. The van der Waals surface area contributed by atoms with Crippen LogP contribution < -0.4 is 10.0 Å². The number of sulfonamides is 1. The molecule has 9 heteroatoms. The predicted octanol–water partition coefficient (Wildman–Crippen LogP) is 2.59. The molecule has 0 aromatic heterocycles. The molecule has 2 N–H and O–H groups in total. The van der Waals surface area contributed by atoms with Crippen molar-refractivity contribution in [2.75, 3.05) is 11.5 Å². The average Bonchev–Trinajstić information content (AvgIpc) is 2.59. The van der Waals surface area contributed by atoms with Crippen LogP contribution in [-0.4, -0.2) is 32.9 Å². The summed E-state index contributed by atoms with van der Waals surface area (Å²) in [6, 6.07) is 12.4. The SMILES string of the molecule is CC(C)N(C(=O)COC(=O)c1ccc(Cl)c(S(N)(=O)=O)c1)c1ccccc1. The van der Waals surface area contributed by atoms with Gasteiger partial charge in [0.2, 0.25) is 10.0 Å². The number of para-hydroxylation sites is 1. The quantitative estimate of drug-likeness (QED) is 0.736. The van der Waals surface area contributed by atoms with E-state index in [1.165, 1.54) is 17.0 Å². The van der Waals surface area contributed by atoms with Crippen LogP contribution in [0.2, 0.25) is 5.02 Å². The number of hydrogen-bond acceptors (Lipinski definition) is 5. The molecular weight excluding hydrogens is 392 g/mol. The topological polar surface area (TPSA) is 107 Å². The highest BCUT2D eigenvalue weighted by Gasteiger charge is 2.22. The van der Waals surface area contributed by atoms with Crippen molar-refractivity contribution in [2.45, 2.75) is 24.8 Å². The molecule has 0 saturated carbocycles. The Labute approximate surface area is 162 Å². The lowest BCUT2D eigenvalue weighted by Gasteiger charge is -2.26. The number of benzene rings is 2. The van der Waals surface area contributed by atoms with Crippen LogP contribution in [0.1, 0.15) is 24.2 Å². The molecule has 0 fully saturated rings. The molecule has 0 aliphatic heterocycles. The molecule has 0 atom stereocenters. The maximum atomic E-state index is 12.5. The first-order valence-electron chi connectivity index (χ1n) is 7.98. The van der Waals surface area contributed by atoms with E-state index in [2.05, 4.69) is 0 Å². The van der Waals surface area contributed by atoms with Crippen LogP contribution in [0, 0.1) is 0 Å². The summed E-state index contributed by atoms with van der Waals surface area (Å²) >= 11 is 5.79. The van der Waals surface area contributed by atoms with Crippen molar-refractivity contribution >= 4 is 39.2 Å². The Bertz CT molecular complexity index is 945. The van der Waals surface area contributed by atoms with Gasteiger partial charge in [0.25, 0.3) is 5.91 Å². The zero-order chi connectivity index (χ0) is 20.2. The number of amides is 1. The third kappa shape index (κ3) is 5.29. The van der Waals surface area contributed by atoms with E-state index in [0.717, 1.165) is 6.07 Å². The second kappa shape index (κ2) is 8.51. The smallest absolute Gasteiger partial charge is 0.338 e. The van der Waals surface area contributed by atoms with Crippen molar-refractivity contribution in [3.8, 4) is 0 Å². The van der Waals surface area contributed by atoms with Crippen molar-refractivity contribution in [2.24, 2.45) is 5.14 Å². The van der Waals surface area contributed by atoms with Crippen molar-refractivity contribution in [1.82, 2.24) is 0 Å². The summed E-state index contributed by atoms with van der Waals surface area (Å²) in [5.74, 6) is -1.27. The van der Waals surface area contributed by atoms with Gasteiger partial charge in [-0.3, -0.25) is 4.79 Å². The number of carbonyl (C=O) groups is 2. The first kappa shape index (κ1) is 20.9. The van der Waals surface area contributed by atoms with E-state index in [1.54, 1.807) is 24.3 Å². The van der Waals surface area contributed by atoms with Crippen molar-refractivity contribution in [3.05, 3.63) is 59.1 Å². The second-order valence-corrected chi connectivity index (χ2v) is 7.90. The van der Waals surface area contributed by atoms with Gasteiger partial charge >= 0.3 is 5.97 Å². The van der Waals surface area contributed by atoms with Gasteiger partial charge in [-0.25, -0.2) is 18.4 Å². The van der Waals surface area contributed by atoms with Gasteiger partial charge in [0, 0.05) is 11.7 Å². The highest BCUT2D eigenvalue weighted by Crippen LogP contribution is 2.22. The summed E-state index contributed by atoms with van der Waals surface area (Å²) in [5.41, 5.74) is 0.601. The molecule has 0 unspecified atom stereocenters. The van der Waals surface area contributed by atoms with Crippen LogP contribution in [0.25, 0.3) is 0 Å². The maximum absolute atomic E-state index is 12.5. The molecular formula is C18H19ClN2O5S. The Kier molecular flexibility index (Phi) is 6.59. The summed E-state index contributed by atoms with van der Waals surface area (Å²) in [5, 5.41) is 4.95. The van der Waals surface area contributed by atoms with Gasteiger partial charge in [-0.15, -0.1) is 0 Å². The molecule has 0 heterocycles. The maximum Gasteiger partial charge on any atom is 0.338 e. The molecule has 0 bridgehead atoms. The van der Waals surface area contributed by atoms with E-state index in [0.29, 0.717) is 5.69 Å². The third-order valence-corrected chi connectivity index (χ3v) is 5.01. The van der Waals surface area contributed by atoms with Gasteiger partial charge in [0.15, 0.2) is 6.61 Å². The van der Waals surface area contributed by atoms with Gasteiger partial charge in [0.05, 0.1) is 10.6 Å². The molecule has 0 aliphatic carbocycles. The molecule has 2 rings (SSSR count). The highest BCUT2D eigenvalue weighted by molar-refractivity contribution is 7.89. The first-order chi connectivity index (χ1) is 12.6. The number of esters is 1. The van der Waals surface area contributed by atoms with Crippen molar-refractivity contribution in [3.63, 3.8) is 0 Å². The molecule has 2 aromatic carbocycles. The summed E-state index contributed by atoms with van der Waals surface area (Å²) in [4.78, 5) is 25.8. The van der Waals surface area contributed by atoms with Gasteiger partial charge < -0.3 is 9.64 Å². The summed E-state index contributed by atoms with van der Waals surface area (Å²) < 4.78 is 28.0. The van der Waals surface area contributed by atoms with Crippen LogP contribution in [0.3, 0.4) is 0 Å². The highest BCUT2D eigenvalue weighted by atomic mass is 35.5. The number of primary sulfonamides is 1. The van der Waals surface area contributed by atoms with E-state index in [9.17, 15) is 18.0 Å². The standard InChI is InChI=1S/C18H19ClN2O5S/c1-12(2)21(14-6-4-3-5-7-14)17(22)11-26-18(23)13-8-9-15(19)16(10-13)27(20,24)25/h3-10,12H,11H2,1-2H3,(H2,20,24,25). The third-order valence-electron chi connectivity index (χ3n) is 3.62. The molecule has 0 aliphatic rings. The lowest BCUT2D eigenvalue weighted by molar-refractivity contribution is -0.122. The molecule has 0 radical (unpaired) electrons. The fourth-order valence-corrected chi connectivity index (χ4v) is 3.52. The minimum Gasteiger partial charge on any atom is -0.452 e. The Balaban J connectivity index is 2.14. The van der Waals surface area contributed by atoms with E-state index < -0.39 is 33.4 Å². The molecule has 27 heavy (non-hydrogen) atoms. The van der Waals surface area contributed by atoms with Crippen molar-refractivity contribution in [1.29, 1.82) is 0 Å². The molecule has 1 amide bonds. The van der Waals surface area contributed by atoms with E-state index in [1.807, 2.05) is 19.9 Å². The molecule has 2 aromatic rings. The largest absolute Gasteiger partial charge is 0.452 e.